The molecule has 3 aliphatic carbocycles. The Bertz CT molecular complexity index is 4290. The van der Waals surface area contributed by atoms with Gasteiger partial charge < -0.3 is 119 Å². The highest BCUT2D eigenvalue weighted by Crippen LogP contribution is 2.56. The van der Waals surface area contributed by atoms with Crippen molar-refractivity contribution in [3.8, 4) is 34.8 Å². The first-order valence-corrected chi connectivity index (χ1v) is 40.6. The van der Waals surface area contributed by atoms with Crippen molar-refractivity contribution in [2.24, 2.45) is 29.1 Å². The minimum absolute atomic E-state index is 0.00126. The summed E-state index contributed by atoms with van der Waals surface area (Å²) >= 11 is 0. The number of anilines is 4. The summed E-state index contributed by atoms with van der Waals surface area (Å²) in [5.41, 5.74) is 4.15. The van der Waals surface area contributed by atoms with Crippen molar-refractivity contribution in [2.75, 3.05) is 141 Å². The van der Waals surface area contributed by atoms with Crippen LogP contribution in [0.1, 0.15) is 129 Å². The molecule has 5 aliphatic heterocycles. The smallest absolute Gasteiger partial charge is 0.414 e. The molecule has 34 nitrogen and oxygen atoms in total. The van der Waals surface area contributed by atoms with Gasteiger partial charge in [-0.2, -0.15) is 0 Å². The highest BCUT2D eigenvalue weighted by atomic mass is 16.7. The fourth-order valence-corrected chi connectivity index (χ4v) is 16.0. The average Bonchev–Trinajstić information content (AvgIpc) is 1.57. The Morgan fingerprint density at radius 1 is 0.686 bits per heavy atom. The molecule has 10 N–H and O–H groups in total. The first-order chi connectivity index (χ1) is 57.0. The number of hydrogen-bond acceptors (Lipinski definition) is 25. The number of amides is 8. The van der Waals surface area contributed by atoms with Crippen LogP contribution >= 0.6 is 0 Å². The Labute approximate surface area is 684 Å². The van der Waals surface area contributed by atoms with E-state index in [1.807, 2.05) is 28.0 Å². The van der Waals surface area contributed by atoms with E-state index in [1.54, 1.807) is 39.2 Å². The average molecular weight is 1640 g/mol. The second-order valence-electron chi connectivity index (χ2n) is 31.3. The summed E-state index contributed by atoms with van der Waals surface area (Å²) in [7, 11) is 3.00. The van der Waals surface area contributed by atoms with Gasteiger partial charge in [0.25, 0.3) is 11.8 Å². The van der Waals surface area contributed by atoms with Crippen LogP contribution in [-0.4, -0.2) is 258 Å². The van der Waals surface area contributed by atoms with Gasteiger partial charge in [-0.1, -0.05) is 44.2 Å². The van der Waals surface area contributed by atoms with Crippen LogP contribution in [0.2, 0.25) is 0 Å². The van der Waals surface area contributed by atoms with E-state index in [-0.39, 0.29) is 135 Å². The number of carboxylic acid groups (broad SMARTS) is 1. The van der Waals surface area contributed by atoms with E-state index in [2.05, 4.69) is 55.9 Å². The molecule has 5 heterocycles. The summed E-state index contributed by atoms with van der Waals surface area (Å²) in [5, 5.41) is 58.2. The number of aliphatic carboxylic acids is 1. The Kier molecular flexibility index (Phi) is 30.3. The molecule has 2 saturated heterocycles. The molecule has 4 aromatic rings. The van der Waals surface area contributed by atoms with Gasteiger partial charge in [-0.05, 0) is 122 Å². The Hall–Kier alpha value is -10.1. The maximum atomic E-state index is 15.0. The number of fused-ring (bicyclic) bond motifs is 6. The van der Waals surface area contributed by atoms with Crippen LogP contribution < -0.4 is 55.7 Å². The van der Waals surface area contributed by atoms with Crippen molar-refractivity contribution < 1.29 is 120 Å². The molecular weight excluding hydrogens is 1530 g/mol. The van der Waals surface area contributed by atoms with Gasteiger partial charge >= 0.3 is 18.2 Å². The Morgan fingerprint density at radius 2 is 1.34 bits per heavy atom. The number of nitrogens with zero attached hydrogens (tertiary/aromatic N) is 3. The van der Waals surface area contributed by atoms with E-state index in [0.29, 0.717) is 112 Å². The van der Waals surface area contributed by atoms with Crippen LogP contribution in [0, 0.1) is 40.9 Å². The van der Waals surface area contributed by atoms with Crippen molar-refractivity contribution in [1.29, 1.82) is 0 Å². The molecule has 640 valence electrons. The van der Waals surface area contributed by atoms with Gasteiger partial charge in [-0.15, -0.1) is 11.8 Å². The number of carboxylic acids is 1. The van der Waals surface area contributed by atoms with Crippen LogP contribution in [0.25, 0.3) is 0 Å². The van der Waals surface area contributed by atoms with Gasteiger partial charge in [0.15, 0.2) is 35.4 Å². The van der Waals surface area contributed by atoms with Gasteiger partial charge in [0.2, 0.25) is 23.6 Å². The largest absolute Gasteiger partial charge is 0.493 e. The summed E-state index contributed by atoms with van der Waals surface area (Å²) in [5.74, 6) is 3.86. The number of alkyl carbamates (subject to hydrolysis) is 1. The standard InChI is InChI=1S/C84H109N9O25/c1-49(2)71(87-50(3)94)77(100)90-64(47-115-81-74(98)72(96)73(97)75(118-81)80(103)104)76(99)88-54-20-19-53(62(36-54)89-70(95)21-27-109-29-31-111-33-34-112-32-30-110-28-24-85-82(105)116-46-61-57-17-9-6-7-10-18-58(57)61)45-117-83(106)92-44-56-41-84(22-23-84)48-93(56)79(102)60-38-67(108-5)69(40-65(60)92)114-26-14-8-13-25-113-68-39-63-59(37-66(68)107-4)78(101)91-43-52-16-12-11-15-51(52)35-55(91)42-86-63/h11-12,15-16,19-20,36-40,49,55-58,61,64,71-75,81,86,96-98H,8-10,13-14,17-18,21-35,41-48H2,1-5H3,(H,85,105)(H,87,94)(H,88,99)(H,89,95)(H,90,100)(H,103,104)/t55-,56-,57-,58+,61?,64-,71-,72-,73-,74+,75-,81+/m0/s1. The van der Waals surface area contributed by atoms with Crippen molar-refractivity contribution in [1.82, 2.24) is 25.8 Å². The second kappa shape index (κ2) is 41.1. The van der Waals surface area contributed by atoms with E-state index < -0.39 is 104 Å². The Balaban J connectivity index is 0.672. The summed E-state index contributed by atoms with van der Waals surface area (Å²) in [6.45, 7) is 7.63. The van der Waals surface area contributed by atoms with Crippen LogP contribution in [0.5, 0.6) is 23.0 Å². The maximum absolute atomic E-state index is 15.0. The van der Waals surface area contributed by atoms with E-state index in [1.165, 1.54) is 42.7 Å². The molecule has 1 spiro atoms. The highest BCUT2D eigenvalue weighted by molar-refractivity contribution is 6.06. The molecular formula is C84H109N9O25. The van der Waals surface area contributed by atoms with Crippen LogP contribution in [0.3, 0.4) is 0 Å². The van der Waals surface area contributed by atoms with E-state index in [0.717, 1.165) is 50.5 Å². The summed E-state index contributed by atoms with van der Waals surface area (Å²) in [6.07, 6.45) is -2.67. The molecule has 0 bridgehead atoms. The van der Waals surface area contributed by atoms with Gasteiger partial charge in [-0.25, -0.2) is 14.4 Å². The Morgan fingerprint density at radius 3 is 2.00 bits per heavy atom. The van der Waals surface area contributed by atoms with Gasteiger partial charge in [-0.3, -0.25) is 33.7 Å². The second-order valence-corrected chi connectivity index (χ2v) is 31.3. The summed E-state index contributed by atoms with van der Waals surface area (Å²) in [6, 6.07) is 15.9. The van der Waals surface area contributed by atoms with Crippen LogP contribution in [0.15, 0.2) is 66.7 Å². The molecule has 0 aromatic heterocycles. The lowest BCUT2D eigenvalue weighted by atomic mass is 9.94. The normalized spacial score (nSPS) is 22.8. The van der Waals surface area contributed by atoms with Gasteiger partial charge in [0.05, 0.1) is 135 Å². The molecule has 0 radical (unpaired) electrons. The van der Waals surface area contributed by atoms with Crippen LogP contribution in [-0.2, 0) is 81.4 Å². The molecule has 4 fully saturated rings. The number of ether oxygens (including phenoxy) is 12. The quantitative estimate of drug-likeness (QED) is 0.0193. The molecule has 4 aromatic carbocycles. The molecule has 118 heavy (non-hydrogen) atoms. The summed E-state index contributed by atoms with van der Waals surface area (Å²) < 4.78 is 69.5. The van der Waals surface area contributed by atoms with Crippen molar-refractivity contribution in [3.63, 3.8) is 0 Å². The summed E-state index contributed by atoms with van der Waals surface area (Å²) in [4.78, 5) is 128. The maximum Gasteiger partial charge on any atom is 0.414 e. The number of unbranched alkanes of at least 4 members (excludes halogenated alkanes) is 2. The molecule has 12 atom stereocenters. The topological polar surface area (TPSA) is 427 Å². The number of benzene rings is 4. The minimum atomic E-state index is -2.07. The number of carbonyl (C=O) groups excluding carboxylic acids is 8. The molecule has 2 saturated carbocycles. The third-order valence-electron chi connectivity index (χ3n) is 22.8. The minimum Gasteiger partial charge on any atom is -0.493 e. The van der Waals surface area contributed by atoms with E-state index in [4.69, 9.17) is 56.8 Å². The lowest BCUT2D eigenvalue weighted by Crippen LogP contribution is -2.61. The van der Waals surface area contributed by atoms with Crippen LogP contribution in [0.4, 0.5) is 32.3 Å². The molecule has 8 amide bonds. The number of aliphatic hydroxyl groups is 3. The molecule has 34 heteroatoms. The zero-order chi connectivity index (χ0) is 83.6. The first-order valence-electron chi connectivity index (χ1n) is 40.6. The molecule has 12 rings (SSSR count). The lowest BCUT2D eigenvalue weighted by molar-refractivity contribution is -0.294. The monoisotopic (exact) mass is 1640 g/mol. The third kappa shape index (κ3) is 22.4. The van der Waals surface area contributed by atoms with Gasteiger partial charge in [0.1, 0.15) is 37.0 Å². The van der Waals surface area contributed by atoms with Crippen molar-refractivity contribution in [2.45, 2.75) is 166 Å². The fraction of sp³-hybridized carbons (Fsp3) is 0.583. The first kappa shape index (κ1) is 87.2. The predicted octanol–water partition coefficient (Wildman–Crippen LogP) is 5.53. The van der Waals surface area contributed by atoms with E-state index >= 15 is 4.79 Å². The highest BCUT2D eigenvalue weighted by Gasteiger charge is 2.56. The SMILES string of the molecule is COc1cc2c(cc1OCCCCCOc1cc3c(cc1OC)C(=O)N1CC4(CC4)C[C@H]1CN3C(=O)OCc1ccc(NC(=O)[C@H](CO[C@@H]3O[C@H](C(=O)O)[C@@H](O)[C@H](O)[C@H]3O)NC(=O)[C@@H](NC(C)=O)C(C)C)cc1NC(=O)CCOCCOCCOCCOCCNC(=O)OCC1[C@H]3CCC#CCC[C@@H]13)NC[C@@H]1Cc3ccccc3CN1C2=O. The zero-order valence-corrected chi connectivity index (χ0v) is 67.3. The third-order valence-corrected chi connectivity index (χ3v) is 22.8. The number of methoxy groups -OCH3 is 2. The van der Waals surface area contributed by atoms with Gasteiger partial charge in [0, 0.05) is 81.6 Å². The van der Waals surface area contributed by atoms with Crippen molar-refractivity contribution >= 4 is 76.3 Å². The zero-order valence-electron chi connectivity index (χ0n) is 67.3. The number of carbonyl (C=O) groups is 9. The molecule has 8 aliphatic rings. The number of hydrogen-bond donors (Lipinski definition) is 10. The number of rotatable bonds is 40. The predicted molar refractivity (Wildman–Crippen MR) is 424 cm³/mol. The van der Waals surface area contributed by atoms with Crippen molar-refractivity contribution in [3.05, 3.63) is 94.5 Å². The fourth-order valence-electron chi connectivity index (χ4n) is 16.0. The number of aliphatic hydroxyl groups excluding tert-OH is 3. The van der Waals surface area contributed by atoms with E-state index in [9.17, 15) is 58.8 Å². The lowest BCUT2D eigenvalue weighted by Gasteiger charge is -2.38. The number of nitrogens with one attached hydrogen (secondary N) is 6. The molecule has 1 unspecified atom stereocenters.